The van der Waals surface area contributed by atoms with Crippen molar-refractivity contribution in [3.05, 3.63) is 60.2 Å². The van der Waals surface area contributed by atoms with Crippen LogP contribution >= 0.6 is 12.4 Å². The van der Waals surface area contributed by atoms with Gasteiger partial charge < -0.3 is 20.1 Å². The number of halogens is 1. The molecule has 5 nitrogen and oxygen atoms in total. The maximum absolute atomic E-state index is 12.0. The summed E-state index contributed by atoms with van der Waals surface area (Å²) in [4.78, 5) is 12.0. The number of hydrogen-bond acceptors (Lipinski definition) is 4. The third-order valence-corrected chi connectivity index (χ3v) is 3.87. The van der Waals surface area contributed by atoms with Crippen LogP contribution in [0.4, 0.5) is 0 Å². The molecule has 1 fully saturated rings. The topological polar surface area (TPSA) is 59.6 Å². The molecule has 1 heterocycles. The van der Waals surface area contributed by atoms with Gasteiger partial charge >= 0.3 is 0 Å². The molecule has 25 heavy (non-hydrogen) atoms. The number of ether oxygens (including phenoxy) is 2. The summed E-state index contributed by atoms with van der Waals surface area (Å²) in [5.41, 5.74) is 1.08. The number of amides is 1. The summed E-state index contributed by atoms with van der Waals surface area (Å²) in [6.45, 7) is 2.22. The van der Waals surface area contributed by atoms with Crippen LogP contribution in [0.5, 0.6) is 11.5 Å². The number of benzene rings is 2. The van der Waals surface area contributed by atoms with Crippen molar-refractivity contribution in [2.24, 2.45) is 0 Å². The van der Waals surface area contributed by atoms with Gasteiger partial charge in [0.2, 0.25) is 0 Å². The molecule has 0 aromatic heterocycles. The fourth-order valence-corrected chi connectivity index (χ4v) is 2.61. The minimum Gasteiger partial charge on any atom is -0.485 e. The highest BCUT2D eigenvalue weighted by atomic mass is 35.5. The van der Waals surface area contributed by atoms with Crippen LogP contribution in [-0.2, 0) is 11.4 Å². The van der Waals surface area contributed by atoms with E-state index in [-0.39, 0.29) is 31.0 Å². The Kier molecular flexibility index (Phi) is 7.57. The number of carbonyl (C=O) groups excluding carboxylic acids is 1. The van der Waals surface area contributed by atoms with Gasteiger partial charge in [-0.15, -0.1) is 12.4 Å². The predicted molar refractivity (Wildman–Crippen MR) is 99.4 cm³/mol. The summed E-state index contributed by atoms with van der Waals surface area (Å²) in [6, 6.07) is 17.5. The summed E-state index contributed by atoms with van der Waals surface area (Å²) in [5, 5.41) is 6.18. The molecule has 3 rings (SSSR count). The lowest BCUT2D eigenvalue weighted by molar-refractivity contribution is -0.123. The first-order chi connectivity index (χ1) is 11.8. The maximum atomic E-state index is 12.0. The van der Waals surface area contributed by atoms with E-state index in [0.717, 1.165) is 25.1 Å². The van der Waals surface area contributed by atoms with Crippen LogP contribution in [0.2, 0.25) is 0 Å². The van der Waals surface area contributed by atoms with Gasteiger partial charge in [-0.3, -0.25) is 4.79 Å². The average Bonchev–Trinajstić information content (AvgIpc) is 3.13. The van der Waals surface area contributed by atoms with Crippen molar-refractivity contribution in [1.29, 1.82) is 0 Å². The number of para-hydroxylation sites is 2. The lowest BCUT2D eigenvalue weighted by Crippen LogP contribution is -2.39. The molecule has 2 aromatic rings. The average molecular weight is 363 g/mol. The Bertz CT molecular complexity index is 661. The Morgan fingerprint density at radius 1 is 1.04 bits per heavy atom. The van der Waals surface area contributed by atoms with Crippen LogP contribution in [0.25, 0.3) is 0 Å². The fraction of sp³-hybridized carbons (Fsp3) is 0.316. The Morgan fingerprint density at radius 2 is 1.72 bits per heavy atom. The van der Waals surface area contributed by atoms with E-state index in [2.05, 4.69) is 10.6 Å². The smallest absolute Gasteiger partial charge is 0.258 e. The van der Waals surface area contributed by atoms with Gasteiger partial charge in [-0.05, 0) is 30.7 Å². The zero-order valence-electron chi connectivity index (χ0n) is 13.9. The van der Waals surface area contributed by atoms with Gasteiger partial charge in [-0.25, -0.2) is 0 Å². The first kappa shape index (κ1) is 19.1. The van der Waals surface area contributed by atoms with Crippen LogP contribution in [0.1, 0.15) is 12.0 Å². The minimum absolute atomic E-state index is 0. The van der Waals surface area contributed by atoms with Gasteiger partial charge in [-0.1, -0.05) is 42.5 Å². The highest BCUT2D eigenvalue weighted by molar-refractivity contribution is 5.85. The minimum atomic E-state index is -0.110. The molecule has 0 saturated carbocycles. The van der Waals surface area contributed by atoms with Crippen molar-refractivity contribution in [3.8, 4) is 11.5 Å². The first-order valence-electron chi connectivity index (χ1n) is 8.20. The Labute approximate surface area is 154 Å². The molecule has 1 amide bonds. The molecular formula is C19H23ClN2O3. The second-order valence-corrected chi connectivity index (χ2v) is 5.77. The normalized spacial score (nSPS) is 15.9. The SMILES string of the molecule is Cl.O=C(COc1ccccc1OCc1ccccc1)NC1CCNC1. The Hall–Kier alpha value is -2.24. The quantitative estimate of drug-likeness (QED) is 0.794. The van der Waals surface area contributed by atoms with Crippen molar-refractivity contribution in [3.63, 3.8) is 0 Å². The highest BCUT2D eigenvalue weighted by Crippen LogP contribution is 2.27. The molecule has 2 aromatic carbocycles. The van der Waals surface area contributed by atoms with Gasteiger partial charge in [0.1, 0.15) is 6.61 Å². The second kappa shape index (κ2) is 9.91. The van der Waals surface area contributed by atoms with E-state index in [1.54, 1.807) is 0 Å². The van der Waals surface area contributed by atoms with Crippen LogP contribution in [-0.4, -0.2) is 31.6 Å². The number of rotatable bonds is 7. The molecule has 1 unspecified atom stereocenters. The van der Waals surface area contributed by atoms with Crippen molar-refractivity contribution in [2.75, 3.05) is 19.7 Å². The standard InChI is InChI=1S/C19H22N2O3.ClH/c22-19(21-16-10-11-20-12-16)14-24-18-9-5-4-8-17(18)23-13-15-6-2-1-3-7-15;/h1-9,16,20H,10-14H2,(H,21,22);1H. The maximum Gasteiger partial charge on any atom is 0.258 e. The Balaban J connectivity index is 0.00000225. The molecule has 134 valence electrons. The molecular weight excluding hydrogens is 340 g/mol. The molecule has 1 aliphatic rings. The lowest BCUT2D eigenvalue weighted by Gasteiger charge is -2.14. The van der Waals surface area contributed by atoms with Gasteiger partial charge in [0.15, 0.2) is 18.1 Å². The van der Waals surface area contributed by atoms with E-state index in [9.17, 15) is 4.79 Å². The lowest BCUT2D eigenvalue weighted by atomic mass is 10.2. The van der Waals surface area contributed by atoms with E-state index >= 15 is 0 Å². The zero-order valence-corrected chi connectivity index (χ0v) is 14.8. The highest BCUT2D eigenvalue weighted by Gasteiger charge is 2.17. The van der Waals surface area contributed by atoms with Crippen LogP contribution in [0.3, 0.4) is 0 Å². The molecule has 0 radical (unpaired) electrons. The van der Waals surface area contributed by atoms with Crippen molar-refractivity contribution < 1.29 is 14.3 Å². The van der Waals surface area contributed by atoms with Crippen LogP contribution < -0.4 is 20.1 Å². The van der Waals surface area contributed by atoms with E-state index in [1.165, 1.54) is 0 Å². The molecule has 1 atom stereocenters. The van der Waals surface area contributed by atoms with Crippen LogP contribution in [0, 0.1) is 0 Å². The summed E-state index contributed by atoms with van der Waals surface area (Å²) < 4.78 is 11.5. The van der Waals surface area contributed by atoms with Gasteiger partial charge in [0, 0.05) is 12.6 Å². The molecule has 2 N–H and O–H groups in total. The fourth-order valence-electron chi connectivity index (χ4n) is 2.61. The summed E-state index contributed by atoms with van der Waals surface area (Å²) in [6.07, 6.45) is 0.961. The second-order valence-electron chi connectivity index (χ2n) is 5.77. The zero-order chi connectivity index (χ0) is 16.6. The van der Waals surface area contributed by atoms with Gasteiger partial charge in [0.05, 0.1) is 0 Å². The molecule has 6 heteroatoms. The van der Waals surface area contributed by atoms with Crippen molar-refractivity contribution in [2.45, 2.75) is 19.1 Å². The van der Waals surface area contributed by atoms with E-state index in [0.29, 0.717) is 18.1 Å². The summed E-state index contributed by atoms with van der Waals surface area (Å²) in [5.74, 6) is 1.10. The molecule has 1 aliphatic heterocycles. The van der Waals surface area contributed by atoms with Gasteiger partial charge in [-0.2, -0.15) is 0 Å². The van der Waals surface area contributed by atoms with Crippen molar-refractivity contribution in [1.82, 2.24) is 10.6 Å². The van der Waals surface area contributed by atoms with E-state index in [4.69, 9.17) is 9.47 Å². The van der Waals surface area contributed by atoms with Crippen molar-refractivity contribution >= 4 is 18.3 Å². The predicted octanol–water partition coefficient (Wildman–Crippen LogP) is 2.54. The number of carbonyl (C=O) groups is 1. The molecule has 0 aliphatic carbocycles. The number of hydrogen-bond donors (Lipinski definition) is 2. The van der Waals surface area contributed by atoms with E-state index < -0.39 is 0 Å². The third kappa shape index (κ3) is 5.96. The Morgan fingerprint density at radius 3 is 2.40 bits per heavy atom. The first-order valence-corrected chi connectivity index (χ1v) is 8.20. The summed E-state index contributed by atoms with van der Waals surface area (Å²) >= 11 is 0. The number of nitrogens with one attached hydrogen (secondary N) is 2. The molecule has 1 saturated heterocycles. The van der Waals surface area contributed by atoms with E-state index in [1.807, 2.05) is 54.6 Å². The molecule has 0 spiro atoms. The van der Waals surface area contributed by atoms with Gasteiger partial charge in [0.25, 0.3) is 5.91 Å². The van der Waals surface area contributed by atoms with Crippen LogP contribution in [0.15, 0.2) is 54.6 Å². The third-order valence-electron chi connectivity index (χ3n) is 3.87. The molecule has 0 bridgehead atoms. The monoisotopic (exact) mass is 362 g/mol. The largest absolute Gasteiger partial charge is 0.485 e. The summed E-state index contributed by atoms with van der Waals surface area (Å²) in [7, 11) is 0.